The topological polar surface area (TPSA) is 41.6 Å². The lowest BCUT2D eigenvalue weighted by molar-refractivity contribution is 0.0235. The molecule has 1 unspecified atom stereocenters. The Morgan fingerprint density at radius 2 is 2.04 bits per heavy atom. The van der Waals surface area contributed by atoms with E-state index in [4.69, 9.17) is 16.3 Å². The molecule has 2 rings (SSSR count). The van der Waals surface area contributed by atoms with Gasteiger partial charge in [-0.3, -0.25) is 0 Å². The summed E-state index contributed by atoms with van der Waals surface area (Å²) < 4.78 is 5.50. The lowest BCUT2D eigenvalue weighted by atomic mass is 10.1. The molecule has 0 bridgehead atoms. The number of hydrogen-bond donors (Lipinski definition) is 1. The second-order valence-electron chi connectivity index (χ2n) is 7.10. The predicted octanol–water partition coefficient (Wildman–Crippen LogP) is 4.39. The molecule has 23 heavy (non-hydrogen) atoms. The molecule has 0 aliphatic heterocycles. The SMILES string of the molecule is CC(NCCN(C(=O)OC(C)(C)C)C1CC1)c1ccccc1Cl. The van der Waals surface area contributed by atoms with Crippen molar-refractivity contribution in [1.82, 2.24) is 10.2 Å². The Labute approximate surface area is 144 Å². The molecule has 0 radical (unpaired) electrons. The van der Waals surface area contributed by atoms with Crippen LogP contribution in [-0.2, 0) is 4.74 Å². The fraction of sp³-hybridized carbons (Fsp3) is 0.611. The highest BCUT2D eigenvalue weighted by atomic mass is 35.5. The van der Waals surface area contributed by atoms with E-state index < -0.39 is 5.60 Å². The van der Waals surface area contributed by atoms with Crippen LogP contribution in [0.15, 0.2) is 24.3 Å². The lowest BCUT2D eigenvalue weighted by Crippen LogP contribution is -2.42. The molecule has 5 heteroatoms. The number of halogens is 1. The second-order valence-corrected chi connectivity index (χ2v) is 7.51. The number of benzene rings is 1. The Balaban J connectivity index is 1.85. The Morgan fingerprint density at radius 1 is 1.39 bits per heavy atom. The molecule has 1 aliphatic carbocycles. The maximum Gasteiger partial charge on any atom is 0.410 e. The molecule has 0 spiro atoms. The van der Waals surface area contributed by atoms with Crippen LogP contribution in [0.2, 0.25) is 5.02 Å². The molecule has 128 valence electrons. The number of carbonyl (C=O) groups is 1. The van der Waals surface area contributed by atoms with Gasteiger partial charge >= 0.3 is 6.09 Å². The molecule has 1 N–H and O–H groups in total. The maximum atomic E-state index is 12.3. The van der Waals surface area contributed by atoms with Crippen LogP contribution in [0.4, 0.5) is 4.79 Å². The molecular formula is C18H27ClN2O2. The summed E-state index contributed by atoms with van der Waals surface area (Å²) in [4.78, 5) is 14.1. The second kappa shape index (κ2) is 7.54. The summed E-state index contributed by atoms with van der Waals surface area (Å²) in [5, 5.41) is 4.20. The zero-order valence-corrected chi connectivity index (χ0v) is 15.2. The van der Waals surface area contributed by atoms with Crippen LogP contribution < -0.4 is 5.32 Å². The molecule has 0 heterocycles. The van der Waals surface area contributed by atoms with Crippen molar-refractivity contribution in [1.29, 1.82) is 0 Å². The number of nitrogens with one attached hydrogen (secondary N) is 1. The Bertz CT molecular complexity index is 538. The van der Waals surface area contributed by atoms with Gasteiger partial charge in [-0.2, -0.15) is 0 Å². The molecule has 1 aromatic rings. The number of nitrogens with zero attached hydrogens (tertiary/aromatic N) is 1. The van der Waals surface area contributed by atoms with Crippen LogP contribution in [0.5, 0.6) is 0 Å². The van der Waals surface area contributed by atoms with E-state index in [-0.39, 0.29) is 12.1 Å². The third-order valence-corrected chi connectivity index (χ3v) is 4.13. The zero-order chi connectivity index (χ0) is 17.0. The Morgan fingerprint density at radius 3 is 2.61 bits per heavy atom. The molecule has 1 saturated carbocycles. The van der Waals surface area contributed by atoms with Crippen molar-refractivity contribution in [2.45, 2.75) is 58.2 Å². The highest BCUT2D eigenvalue weighted by Crippen LogP contribution is 2.28. The first-order valence-electron chi connectivity index (χ1n) is 8.25. The summed E-state index contributed by atoms with van der Waals surface area (Å²) in [6.07, 6.45) is 1.92. The van der Waals surface area contributed by atoms with E-state index in [9.17, 15) is 4.79 Å². The van der Waals surface area contributed by atoms with Crippen LogP contribution in [-0.4, -0.2) is 35.7 Å². The van der Waals surface area contributed by atoms with Crippen LogP contribution in [0.3, 0.4) is 0 Å². The number of ether oxygens (including phenoxy) is 1. The first kappa shape index (κ1) is 18.1. The average Bonchev–Trinajstić information content (AvgIpc) is 3.26. The van der Waals surface area contributed by atoms with Gasteiger partial charge in [-0.25, -0.2) is 4.79 Å². The smallest absolute Gasteiger partial charge is 0.410 e. The van der Waals surface area contributed by atoms with Gasteiger partial charge < -0.3 is 15.0 Å². The number of carbonyl (C=O) groups excluding carboxylic acids is 1. The van der Waals surface area contributed by atoms with Gasteiger partial charge in [0.05, 0.1) is 0 Å². The molecule has 1 aliphatic rings. The predicted molar refractivity (Wildman–Crippen MR) is 93.8 cm³/mol. The van der Waals surface area contributed by atoms with Crippen LogP contribution in [0.1, 0.15) is 52.1 Å². The van der Waals surface area contributed by atoms with Crippen molar-refractivity contribution in [2.75, 3.05) is 13.1 Å². The Kier molecular flexibility index (Phi) is 5.93. The van der Waals surface area contributed by atoms with Gasteiger partial charge in [-0.05, 0) is 52.2 Å². The van der Waals surface area contributed by atoms with Crippen LogP contribution in [0.25, 0.3) is 0 Å². The Hall–Kier alpha value is -1.26. The van der Waals surface area contributed by atoms with E-state index >= 15 is 0 Å². The quantitative estimate of drug-likeness (QED) is 0.836. The summed E-state index contributed by atoms with van der Waals surface area (Å²) in [5.74, 6) is 0. The third kappa shape index (κ3) is 5.70. The van der Waals surface area contributed by atoms with E-state index in [1.807, 2.05) is 49.9 Å². The first-order valence-corrected chi connectivity index (χ1v) is 8.63. The van der Waals surface area contributed by atoms with Gasteiger partial charge in [0.15, 0.2) is 0 Å². The molecule has 0 aromatic heterocycles. The van der Waals surface area contributed by atoms with Gasteiger partial charge in [0.2, 0.25) is 0 Å². The highest BCUT2D eigenvalue weighted by Gasteiger charge is 2.34. The number of hydrogen-bond acceptors (Lipinski definition) is 3. The summed E-state index contributed by atoms with van der Waals surface area (Å²) in [6, 6.07) is 8.30. The minimum absolute atomic E-state index is 0.142. The van der Waals surface area contributed by atoms with Gasteiger partial charge in [0.1, 0.15) is 5.60 Å². The van der Waals surface area contributed by atoms with Gasteiger partial charge in [0.25, 0.3) is 0 Å². The van der Waals surface area contributed by atoms with E-state index in [1.165, 1.54) is 0 Å². The first-order chi connectivity index (χ1) is 10.8. The van der Waals surface area contributed by atoms with Gasteiger partial charge in [-0.1, -0.05) is 29.8 Å². The van der Waals surface area contributed by atoms with Gasteiger partial charge in [-0.15, -0.1) is 0 Å². The van der Waals surface area contributed by atoms with Crippen molar-refractivity contribution in [3.8, 4) is 0 Å². The summed E-state index contributed by atoms with van der Waals surface area (Å²) in [6.45, 7) is 9.13. The molecular weight excluding hydrogens is 312 g/mol. The number of amides is 1. The standard InChI is InChI=1S/C18H27ClN2O2/c1-13(15-7-5-6-8-16(15)19)20-11-12-21(14-9-10-14)17(22)23-18(2,3)4/h5-8,13-14,20H,9-12H2,1-4H3. The normalized spacial score (nSPS) is 16.0. The van der Waals surface area contributed by atoms with Crippen LogP contribution >= 0.6 is 11.6 Å². The van der Waals surface area contributed by atoms with Gasteiger partial charge in [0, 0.05) is 30.2 Å². The molecule has 1 fully saturated rings. The minimum Gasteiger partial charge on any atom is -0.444 e. The fourth-order valence-corrected chi connectivity index (χ4v) is 2.77. The zero-order valence-electron chi connectivity index (χ0n) is 14.4. The minimum atomic E-state index is -0.456. The van der Waals surface area contributed by atoms with Crippen molar-refractivity contribution >= 4 is 17.7 Å². The molecule has 0 saturated heterocycles. The largest absolute Gasteiger partial charge is 0.444 e. The summed E-state index contributed by atoms with van der Waals surface area (Å²) >= 11 is 6.22. The summed E-state index contributed by atoms with van der Waals surface area (Å²) in [7, 11) is 0. The summed E-state index contributed by atoms with van der Waals surface area (Å²) in [5.41, 5.74) is 0.618. The van der Waals surface area contributed by atoms with Crippen LogP contribution in [0, 0.1) is 0 Å². The van der Waals surface area contributed by atoms with E-state index in [0.717, 1.165) is 23.4 Å². The van der Waals surface area contributed by atoms with Crippen molar-refractivity contribution in [3.05, 3.63) is 34.9 Å². The molecule has 4 nitrogen and oxygen atoms in total. The van der Waals surface area contributed by atoms with Crippen molar-refractivity contribution in [2.24, 2.45) is 0 Å². The maximum absolute atomic E-state index is 12.3. The molecule has 1 amide bonds. The van der Waals surface area contributed by atoms with Crippen molar-refractivity contribution in [3.63, 3.8) is 0 Å². The van der Waals surface area contributed by atoms with E-state index in [0.29, 0.717) is 19.1 Å². The lowest BCUT2D eigenvalue weighted by Gasteiger charge is -2.28. The van der Waals surface area contributed by atoms with E-state index in [2.05, 4.69) is 12.2 Å². The highest BCUT2D eigenvalue weighted by molar-refractivity contribution is 6.31. The monoisotopic (exact) mass is 338 g/mol. The number of rotatable bonds is 6. The molecule has 1 aromatic carbocycles. The van der Waals surface area contributed by atoms with Crippen molar-refractivity contribution < 1.29 is 9.53 Å². The average molecular weight is 339 g/mol. The molecule has 1 atom stereocenters. The van der Waals surface area contributed by atoms with E-state index in [1.54, 1.807) is 0 Å². The third-order valence-electron chi connectivity index (χ3n) is 3.79. The fourth-order valence-electron chi connectivity index (χ4n) is 2.47.